The van der Waals surface area contributed by atoms with Gasteiger partial charge in [-0.15, -0.1) is 0 Å². The third-order valence-corrected chi connectivity index (χ3v) is 5.72. The Labute approximate surface area is 144 Å². The zero-order valence-corrected chi connectivity index (χ0v) is 13.9. The second-order valence-electron chi connectivity index (χ2n) is 6.83. The normalized spacial score (nSPS) is 26.0. The quantitative estimate of drug-likeness (QED) is 0.896. The van der Waals surface area contributed by atoms with Crippen LogP contribution in [-0.2, 0) is 16.0 Å². The summed E-state index contributed by atoms with van der Waals surface area (Å²) < 4.78 is 0. The van der Waals surface area contributed by atoms with E-state index >= 15 is 0 Å². The summed E-state index contributed by atoms with van der Waals surface area (Å²) in [6.45, 7) is 0. The van der Waals surface area contributed by atoms with Crippen molar-refractivity contribution in [3.05, 3.63) is 35.0 Å². The molecule has 4 rings (SSSR count). The topological polar surface area (TPSA) is 73.4 Å². The number of hydrogen-bond acceptors (Lipinski definition) is 2. The maximum atomic E-state index is 12.9. The van der Waals surface area contributed by atoms with Gasteiger partial charge in [0, 0.05) is 28.2 Å². The number of carbonyl (C=O) groups excluding carboxylic acids is 1. The first kappa shape index (κ1) is 15.5. The largest absolute Gasteiger partial charge is 0.480 e. The van der Waals surface area contributed by atoms with Crippen LogP contribution in [-0.4, -0.2) is 39.0 Å². The lowest BCUT2D eigenvalue weighted by Crippen LogP contribution is -2.45. The van der Waals surface area contributed by atoms with Crippen molar-refractivity contribution in [2.75, 3.05) is 0 Å². The van der Waals surface area contributed by atoms with Gasteiger partial charge < -0.3 is 15.0 Å². The van der Waals surface area contributed by atoms with Gasteiger partial charge in [0.15, 0.2) is 0 Å². The minimum absolute atomic E-state index is 0.0902. The fourth-order valence-electron chi connectivity index (χ4n) is 4.42. The van der Waals surface area contributed by atoms with E-state index < -0.39 is 12.0 Å². The predicted molar refractivity (Wildman–Crippen MR) is 91.0 cm³/mol. The Bertz CT molecular complexity index is 816. The molecule has 2 heterocycles. The molecule has 3 atom stereocenters. The molecule has 2 N–H and O–H groups in total. The number of halogens is 1. The smallest absolute Gasteiger partial charge is 0.326 e. The van der Waals surface area contributed by atoms with Crippen LogP contribution in [0.5, 0.6) is 0 Å². The van der Waals surface area contributed by atoms with Crippen molar-refractivity contribution in [1.82, 2.24) is 9.88 Å². The summed E-state index contributed by atoms with van der Waals surface area (Å²) in [5, 5.41) is 11.0. The number of carbonyl (C=O) groups is 2. The summed E-state index contributed by atoms with van der Waals surface area (Å²) in [7, 11) is 0. The summed E-state index contributed by atoms with van der Waals surface area (Å²) >= 11 is 6.06. The van der Waals surface area contributed by atoms with Crippen molar-refractivity contribution in [3.63, 3.8) is 0 Å². The van der Waals surface area contributed by atoms with Gasteiger partial charge in [-0.05, 0) is 48.9 Å². The Kier molecular flexibility index (Phi) is 3.76. The molecule has 1 aliphatic heterocycles. The lowest BCUT2D eigenvalue weighted by atomic mass is 10.0. The highest BCUT2D eigenvalue weighted by atomic mass is 35.5. The Morgan fingerprint density at radius 2 is 2.17 bits per heavy atom. The van der Waals surface area contributed by atoms with Gasteiger partial charge in [0.1, 0.15) is 6.04 Å². The zero-order valence-electron chi connectivity index (χ0n) is 13.2. The van der Waals surface area contributed by atoms with Crippen molar-refractivity contribution >= 4 is 34.4 Å². The molecule has 2 aromatic rings. The number of carboxylic acid groups (broad SMARTS) is 1. The molecule has 2 fully saturated rings. The highest BCUT2D eigenvalue weighted by molar-refractivity contribution is 6.31. The number of benzene rings is 1. The summed E-state index contributed by atoms with van der Waals surface area (Å²) in [5.41, 5.74) is 1.79. The van der Waals surface area contributed by atoms with E-state index in [0.717, 1.165) is 35.7 Å². The van der Waals surface area contributed by atoms with Gasteiger partial charge in [-0.2, -0.15) is 0 Å². The maximum absolute atomic E-state index is 12.9. The molecule has 1 aromatic carbocycles. The number of fused-ring (bicyclic) bond motifs is 2. The van der Waals surface area contributed by atoms with Gasteiger partial charge in [0.25, 0.3) is 0 Å². The van der Waals surface area contributed by atoms with Crippen LogP contribution in [0.3, 0.4) is 0 Å². The van der Waals surface area contributed by atoms with Crippen molar-refractivity contribution in [1.29, 1.82) is 0 Å². The van der Waals surface area contributed by atoms with Crippen molar-refractivity contribution < 1.29 is 14.7 Å². The highest BCUT2D eigenvalue weighted by Gasteiger charge is 2.48. The van der Waals surface area contributed by atoms with Crippen molar-refractivity contribution in [2.45, 2.75) is 44.2 Å². The number of carboxylic acids is 1. The van der Waals surface area contributed by atoms with Gasteiger partial charge >= 0.3 is 5.97 Å². The fraction of sp³-hybridized carbons (Fsp3) is 0.444. The van der Waals surface area contributed by atoms with Gasteiger partial charge in [-0.25, -0.2) is 4.79 Å². The molecule has 2 aliphatic rings. The van der Waals surface area contributed by atoms with Gasteiger partial charge in [-0.1, -0.05) is 18.0 Å². The molecule has 0 radical (unpaired) electrons. The number of hydrogen-bond donors (Lipinski definition) is 2. The SMILES string of the molecule is O=C(O)[C@@H]1C[C@@H]2CCC[C@@H]2N1C(=O)Cc1c[nH]c2ccc(Cl)cc12. The minimum Gasteiger partial charge on any atom is -0.480 e. The van der Waals surface area contributed by atoms with Crippen LogP contribution in [0.2, 0.25) is 5.02 Å². The first-order chi connectivity index (χ1) is 11.5. The molecule has 5 nitrogen and oxygen atoms in total. The standard InChI is InChI=1S/C18H19ClN2O3/c19-12-4-5-14-13(8-12)11(9-20-14)7-17(22)21-15-3-1-2-10(15)6-16(21)18(23)24/h4-5,8-10,15-16,20H,1-3,6-7H2,(H,23,24)/t10-,15-,16-/m0/s1. The number of nitrogens with zero attached hydrogens (tertiary/aromatic N) is 1. The molecular weight excluding hydrogens is 328 g/mol. The second-order valence-corrected chi connectivity index (χ2v) is 7.27. The van der Waals surface area contributed by atoms with E-state index in [1.807, 2.05) is 18.3 Å². The average Bonchev–Trinajstić information content (AvgIpc) is 3.21. The van der Waals surface area contributed by atoms with E-state index in [-0.39, 0.29) is 18.4 Å². The number of rotatable bonds is 3. The van der Waals surface area contributed by atoms with Gasteiger partial charge in [0.05, 0.1) is 6.42 Å². The van der Waals surface area contributed by atoms with Crippen LogP contribution in [0.25, 0.3) is 10.9 Å². The zero-order chi connectivity index (χ0) is 16.8. The van der Waals surface area contributed by atoms with Crippen LogP contribution in [0, 0.1) is 5.92 Å². The third-order valence-electron chi connectivity index (χ3n) is 5.48. The molecule has 1 saturated carbocycles. The Balaban J connectivity index is 1.62. The molecule has 6 heteroatoms. The first-order valence-corrected chi connectivity index (χ1v) is 8.72. The molecule has 1 aliphatic carbocycles. The van der Waals surface area contributed by atoms with Crippen LogP contribution in [0.4, 0.5) is 0 Å². The van der Waals surface area contributed by atoms with E-state index in [0.29, 0.717) is 17.4 Å². The molecular formula is C18H19ClN2O3. The van der Waals surface area contributed by atoms with Crippen LogP contribution in [0.1, 0.15) is 31.2 Å². The summed E-state index contributed by atoms with van der Waals surface area (Å²) in [4.78, 5) is 29.3. The summed E-state index contributed by atoms with van der Waals surface area (Å²) in [6.07, 6.45) is 5.63. The first-order valence-electron chi connectivity index (χ1n) is 8.34. The molecule has 24 heavy (non-hydrogen) atoms. The van der Waals surface area contributed by atoms with Gasteiger partial charge in [-0.3, -0.25) is 4.79 Å². The van der Waals surface area contributed by atoms with E-state index in [1.165, 1.54) is 0 Å². The molecule has 1 amide bonds. The number of likely N-dealkylation sites (tertiary alicyclic amines) is 1. The Hall–Kier alpha value is -2.01. The minimum atomic E-state index is -0.889. The lowest BCUT2D eigenvalue weighted by Gasteiger charge is -2.27. The number of aromatic nitrogens is 1. The molecule has 0 bridgehead atoms. The Morgan fingerprint density at radius 1 is 1.33 bits per heavy atom. The average molecular weight is 347 g/mol. The predicted octanol–water partition coefficient (Wildman–Crippen LogP) is 3.22. The monoisotopic (exact) mass is 346 g/mol. The molecule has 0 unspecified atom stereocenters. The number of amides is 1. The fourth-order valence-corrected chi connectivity index (χ4v) is 4.59. The van der Waals surface area contributed by atoms with Crippen molar-refractivity contribution in [3.8, 4) is 0 Å². The van der Waals surface area contributed by atoms with Crippen LogP contribution >= 0.6 is 11.6 Å². The summed E-state index contributed by atoms with van der Waals surface area (Å²) in [6, 6.07) is 4.94. The molecule has 0 spiro atoms. The summed E-state index contributed by atoms with van der Waals surface area (Å²) in [5.74, 6) is -0.648. The van der Waals surface area contributed by atoms with E-state index in [1.54, 1.807) is 11.0 Å². The van der Waals surface area contributed by atoms with Crippen LogP contribution in [0.15, 0.2) is 24.4 Å². The number of nitrogens with one attached hydrogen (secondary N) is 1. The maximum Gasteiger partial charge on any atom is 0.326 e. The molecule has 1 aromatic heterocycles. The van der Waals surface area contributed by atoms with E-state index in [2.05, 4.69) is 4.98 Å². The van der Waals surface area contributed by atoms with Crippen LogP contribution < -0.4 is 0 Å². The van der Waals surface area contributed by atoms with Crippen molar-refractivity contribution in [2.24, 2.45) is 5.92 Å². The number of aliphatic carboxylic acids is 1. The lowest BCUT2D eigenvalue weighted by molar-refractivity contribution is -0.149. The number of aromatic amines is 1. The second kappa shape index (κ2) is 5.81. The molecule has 1 saturated heterocycles. The number of H-pyrrole nitrogens is 1. The van der Waals surface area contributed by atoms with E-state index in [9.17, 15) is 14.7 Å². The van der Waals surface area contributed by atoms with Gasteiger partial charge in [0.2, 0.25) is 5.91 Å². The molecule has 126 valence electrons. The highest BCUT2D eigenvalue weighted by Crippen LogP contribution is 2.41. The Morgan fingerprint density at radius 3 is 2.96 bits per heavy atom. The third kappa shape index (κ3) is 2.47. The van der Waals surface area contributed by atoms with E-state index in [4.69, 9.17) is 11.6 Å².